The molecule has 2 aromatic rings. The van der Waals surface area contributed by atoms with E-state index in [9.17, 15) is 13.2 Å². The minimum atomic E-state index is -4.45. The lowest BCUT2D eigenvalue weighted by atomic mass is 10.0. The normalized spacial score (nSPS) is 11.6. The van der Waals surface area contributed by atoms with E-state index in [2.05, 4.69) is 11.1 Å². The summed E-state index contributed by atoms with van der Waals surface area (Å²) in [5, 5.41) is 1.49. The van der Waals surface area contributed by atoms with Gasteiger partial charge in [0.05, 0.1) is 0 Å². The van der Waals surface area contributed by atoms with Gasteiger partial charge in [0.1, 0.15) is 0 Å². The predicted molar refractivity (Wildman–Crippen MR) is 139 cm³/mol. The molecule has 0 radical (unpaired) electrons. The number of hydrogen-bond acceptors (Lipinski definition) is 5. The van der Waals surface area contributed by atoms with Crippen LogP contribution in [-0.4, -0.2) is 14.4 Å². The molecule has 6 heteroatoms. The molecule has 0 unspecified atom stereocenters. The first kappa shape index (κ1) is 28.2. The highest BCUT2D eigenvalue weighted by Gasteiger charge is 2.20. The van der Waals surface area contributed by atoms with Gasteiger partial charge >= 0.3 is 16.4 Å². The lowest BCUT2D eigenvalue weighted by Crippen LogP contribution is -2.18. The van der Waals surface area contributed by atoms with Gasteiger partial charge in [0.15, 0.2) is 5.75 Å². The van der Waals surface area contributed by atoms with Crippen LogP contribution >= 0.6 is 0 Å². The van der Waals surface area contributed by atoms with Crippen LogP contribution in [0.15, 0.2) is 42.5 Å². The van der Waals surface area contributed by atoms with Gasteiger partial charge in [-0.1, -0.05) is 133 Å². The Labute approximate surface area is 206 Å². The molecule has 0 aliphatic carbocycles. The SMILES string of the molecule is CCCCCCCCCCCCCCCCCC(=O)OS(=O)(=O)Oc1cccc2ccccc12. The number of fused-ring (bicyclic) bond motifs is 1. The van der Waals surface area contributed by atoms with Gasteiger partial charge in [0.25, 0.3) is 0 Å². The van der Waals surface area contributed by atoms with E-state index in [4.69, 9.17) is 4.18 Å². The summed E-state index contributed by atoms with van der Waals surface area (Å²) < 4.78 is 34.0. The molecule has 0 aromatic heterocycles. The molecule has 0 spiro atoms. The molecule has 0 amide bonds. The maximum absolute atomic E-state index is 12.1. The first-order valence-electron chi connectivity index (χ1n) is 13.2. The Morgan fingerprint density at radius 1 is 0.676 bits per heavy atom. The molecule has 0 atom stereocenters. The maximum Gasteiger partial charge on any atom is 0.503 e. The number of hydrogen-bond donors (Lipinski definition) is 0. The molecular formula is C28H42O5S. The van der Waals surface area contributed by atoms with E-state index < -0.39 is 16.4 Å². The molecule has 0 saturated carbocycles. The standard InChI is InChI=1S/C28H42O5S/c1-2-3-4-5-6-7-8-9-10-11-12-13-14-15-16-24-28(29)33-34(30,31)32-27-23-19-21-25-20-17-18-22-26(25)27/h17-23H,2-16,24H2,1H3. The van der Waals surface area contributed by atoms with Crippen molar-refractivity contribution >= 4 is 27.1 Å². The maximum atomic E-state index is 12.1. The highest BCUT2D eigenvalue weighted by Crippen LogP contribution is 2.26. The van der Waals surface area contributed by atoms with Gasteiger partial charge in [-0.05, 0) is 17.9 Å². The van der Waals surface area contributed by atoms with Crippen molar-refractivity contribution in [1.82, 2.24) is 0 Å². The van der Waals surface area contributed by atoms with Gasteiger partial charge in [-0.3, -0.25) is 4.79 Å². The lowest BCUT2D eigenvalue weighted by Gasteiger charge is -2.09. The summed E-state index contributed by atoms with van der Waals surface area (Å²) in [6.07, 6.45) is 18.6. The van der Waals surface area contributed by atoms with E-state index in [0.29, 0.717) is 11.8 Å². The molecule has 0 bridgehead atoms. The Morgan fingerprint density at radius 3 is 1.76 bits per heavy atom. The highest BCUT2D eigenvalue weighted by molar-refractivity contribution is 7.82. The van der Waals surface area contributed by atoms with Gasteiger partial charge in [-0.25, -0.2) is 0 Å². The second kappa shape index (κ2) is 16.5. The van der Waals surface area contributed by atoms with Crippen LogP contribution in [0.3, 0.4) is 0 Å². The van der Waals surface area contributed by atoms with Crippen LogP contribution in [0.5, 0.6) is 5.75 Å². The van der Waals surface area contributed by atoms with Gasteiger partial charge in [0.2, 0.25) is 0 Å². The molecule has 0 saturated heterocycles. The third-order valence-corrected chi connectivity index (χ3v) is 6.89. The van der Waals surface area contributed by atoms with Crippen LogP contribution in [-0.2, 0) is 19.4 Å². The first-order valence-corrected chi connectivity index (χ1v) is 14.5. The Hall–Kier alpha value is -2.08. The smallest absolute Gasteiger partial charge is 0.352 e. The summed E-state index contributed by atoms with van der Waals surface area (Å²) in [7, 11) is -4.45. The van der Waals surface area contributed by atoms with Crippen molar-refractivity contribution in [2.45, 2.75) is 110 Å². The fourth-order valence-corrected chi connectivity index (χ4v) is 4.90. The minimum Gasteiger partial charge on any atom is -0.352 e. The zero-order chi connectivity index (χ0) is 24.5. The predicted octanol–water partition coefficient (Wildman–Crippen LogP) is 8.27. The highest BCUT2D eigenvalue weighted by atomic mass is 32.3. The molecule has 34 heavy (non-hydrogen) atoms. The zero-order valence-corrected chi connectivity index (χ0v) is 21.6. The molecule has 0 fully saturated rings. The summed E-state index contributed by atoms with van der Waals surface area (Å²) in [5.74, 6) is -0.618. The van der Waals surface area contributed by atoms with Crippen molar-refractivity contribution in [1.29, 1.82) is 0 Å². The van der Waals surface area contributed by atoms with Crippen LogP contribution in [0.4, 0.5) is 0 Å². The molecule has 0 aliphatic heterocycles. The molecular weight excluding hydrogens is 448 g/mol. The van der Waals surface area contributed by atoms with Crippen molar-refractivity contribution in [3.05, 3.63) is 42.5 Å². The Balaban J connectivity index is 1.49. The Kier molecular flexibility index (Phi) is 13.7. The molecule has 0 heterocycles. The molecule has 2 aromatic carbocycles. The van der Waals surface area contributed by atoms with Gasteiger partial charge in [-0.2, -0.15) is 0 Å². The Bertz CT molecular complexity index is 933. The van der Waals surface area contributed by atoms with Gasteiger partial charge < -0.3 is 8.37 Å². The van der Waals surface area contributed by atoms with Gasteiger partial charge in [0, 0.05) is 11.8 Å². The number of unbranched alkanes of at least 4 members (excludes halogenated alkanes) is 14. The van der Waals surface area contributed by atoms with Gasteiger partial charge in [-0.15, -0.1) is 8.42 Å². The minimum absolute atomic E-state index is 0.0797. The van der Waals surface area contributed by atoms with Crippen LogP contribution in [0.2, 0.25) is 0 Å². The fraction of sp³-hybridized carbons (Fsp3) is 0.607. The molecule has 5 nitrogen and oxygen atoms in total. The Morgan fingerprint density at radius 2 is 1.18 bits per heavy atom. The number of carbonyl (C=O) groups excluding carboxylic acids is 1. The van der Waals surface area contributed by atoms with E-state index in [0.717, 1.165) is 24.6 Å². The molecule has 190 valence electrons. The second-order valence-electron chi connectivity index (χ2n) is 9.12. The van der Waals surface area contributed by atoms with E-state index in [-0.39, 0.29) is 12.2 Å². The molecule has 2 rings (SSSR count). The first-order chi connectivity index (χ1) is 16.5. The summed E-state index contributed by atoms with van der Waals surface area (Å²) >= 11 is 0. The van der Waals surface area contributed by atoms with Crippen molar-refractivity contribution in [3.8, 4) is 5.75 Å². The average molecular weight is 491 g/mol. The van der Waals surface area contributed by atoms with Crippen LogP contribution in [0.25, 0.3) is 10.8 Å². The number of benzene rings is 2. The summed E-state index contributed by atoms with van der Waals surface area (Å²) in [6.45, 7) is 2.26. The van der Waals surface area contributed by atoms with Crippen molar-refractivity contribution in [3.63, 3.8) is 0 Å². The van der Waals surface area contributed by atoms with Crippen LogP contribution < -0.4 is 4.18 Å². The van der Waals surface area contributed by atoms with E-state index in [1.165, 1.54) is 70.6 Å². The van der Waals surface area contributed by atoms with Crippen LogP contribution in [0.1, 0.15) is 110 Å². The van der Waals surface area contributed by atoms with Crippen molar-refractivity contribution < 1.29 is 21.6 Å². The average Bonchev–Trinajstić information content (AvgIpc) is 2.81. The number of rotatable bonds is 19. The largest absolute Gasteiger partial charge is 0.503 e. The molecule has 0 N–H and O–H groups in total. The summed E-state index contributed by atoms with van der Waals surface area (Å²) in [6, 6.07) is 12.4. The van der Waals surface area contributed by atoms with Crippen molar-refractivity contribution in [2.75, 3.05) is 0 Å². The molecule has 0 aliphatic rings. The third kappa shape index (κ3) is 11.9. The topological polar surface area (TPSA) is 69.7 Å². The van der Waals surface area contributed by atoms with Crippen LogP contribution in [0, 0.1) is 0 Å². The summed E-state index contributed by atoms with van der Waals surface area (Å²) in [4.78, 5) is 12.0. The second-order valence-corrected chi connectivity index (χ2v) is 10.3. The van der Waals surface area contributed by atoms with E-state index in [1.54, 1.807) is 24.3 Å². The number of carbonyl (C=O) groups is 1. The lowest BCUT2D eigenvalue weighted by molar-refractivity contribution is -0.134. The third-order valence-electron chi connectivity index (χ3n) is 6.12. The fourth-order valence-electron chi connectivity index (χ4n) is 4.19. The quantitative estimate of drug-likeness (QED) is 0.185. The van der Waals surface area contributed by atoms with Crippen molar-refractivity contribution in [2.24, 2.45) is 0 Å². The summed E-state index contributed by atoms with van der Waals surface area (Å²) in [5.41, 5.74) is 0. The van der Waals surface area contributed by atoms with E-state index in [1.807, 2.05) is 18.2 Å². The zero-order valence-electron chi connectivity index (χ0n) is 20.8. The monoisotopic (exact) mass is 490 g/mol. The van der Waals surface area contributed by atoms with E-state index >= 15 is 0 Å².